The van der Waals surface area contributed by atoms with Crippen molar-refractivity contribution in [2.45, 2.75) is 71.6 Å². The van der Waals surface area contributed by atoms with Crippen molar-refractivity contribution in [2.24, 2.45) is 5.92 Å². The van der Waals surface area contributed by atoms with E-state index in [-0.39, 0.29) is 5.78 Å². The summed E-state index contributed by atoms with van der Waals surface area (Å²) in [6.07, 6.45) is 17.2. The molecule has 0 aromatic carbocycles. The van der Waals surface area contributed by atoms with Crippen LogP contribution < -0.4 is 0 Å². The summed E-state index contributed by atoms with van der Waals surface area (Å²) in [4.78, 5) is 11.6. The van der Waals surface area contributed by atoms with Crippen LogP contribution in [0.1, 0.15) is 71.6 Å². The van der Waals surface area contributed by atoms with E-state index in [0.717, 1.165) is 24.3 Å². The Balaban J connectivity index is 2.06. The molecule has 18 heavy (non-hydrogen) atoms. The fraction of sp³-hybridized carbons (Fsp3) is 0.706. The molecule has 0 bridgehead atoms. The lowest BCUT2D eigenvalue weighted by molar-refractivity contribution is -0.114. The van der Waals surface area contributed by atoms with Crippen LogP contribution in [-0.2, 0) is 4.79 Å². The lowest BCUT2D eigenvalue weighted by Gasteiger charge is -2.21. The van der Waals surface area contributed by atoms with Gasteiger partial charge in [-0.05, 0) is 32.3 Å². The highest BCUT2D eigenvalue weighted by Crippen LogP contribution is 2.27. The molecule has 0 aromatic heterocycles. The van der Waals surface area contributed by atoms with Crippen molar-refractivity contribution in [3.05, 3.63) is 23.8 Å². The first kappa shape index (κ1) is 15.2. The SMILES string of the molecule is C/C=C(C)\C=C/C(=O)CCCCC1CCCCC1. The highest BCUT2D eigenvalue weighted by Gasteiger charge is 2.12. The molecule has 1 nitrogen and oxygen atoms in total. The number of carbonyl (C=O) groups is 1. The second kappa shape index (κ2) is 9.13. The molecule has 1 rings (SSSR count). The average Bonchev–Trinajstić information content (AvgIpc) is 2.42. The van der Waals surface area contributed by atoms with E-state index in [4.69, 9.17) is 0 Å². The van der Waals surface area contributed by atoms with Gasteiger partial charge in [0, 0.05) is 6.42 Å². The summed E-state index contributed by atoms with van der Waals surface area (Å²) < 4.78 is 0. The quantitative estimate of drug-likeness (QED) is 0.343. The lowest BCUT2D eigenvalue weighted by atomic mass is 9.85. The van der Waals surface area contributed by atoms with Gasteiger partial charge in [0.05, 0.1) is 0 Å². The third-order valence-corrected chi connectivity index (χ3v) is 4.00. The zero-order valence-corrected chi connectivity index (χ0v) is 12.1. The summed E-state index contributed by atoms with van der Waals surface area (Å²) >= 11 is 0. The fourth-order valence-corrected chi connectivity index (χ4v) is 2.61. The van der Waals surface area contributed by atoms with E-state index in [0.29, 0.717) is 0 Å². The van der Waals surface area contributed by atoms with Gasteiger partial charge in [-0.15, -0.1) is 0 Å². The van der Waals surface area contributed by atoms with Crippen LogP contribution in [0.2, 0.25) is 0 Å². The molecule has 0 atom stereocenters. The molecule has 0 spiro atoms. The highest BCUT2D eigenvalue weighted by atomic mass is 16.1. The first-order chi connectivity index (χ1) is 8.72. The maximum Gasteiger partial charge on any atom is 0.155 e. The van der Waals surface area contributed by atoms with E-state index in [1.165, 1.54) is 44.9 Å². The molecule has 0 aliphatic heterocycles. The Kier molecular flexibility index (Phi) is 7.71. The molecular weight excluding hydrogens is 220 g/mol. The van der Waals surface area contributed by atoms with Crippen LogP contribution in [0.15, 0.2) is 23.8 Å². The van der Waals surface area contributed by atoms with Crippen molar-refractivity contribution in [2.75, 3.05) is 0 Å². The highest BCUT2D eigenvalue weighted by molar-refractivity contribution is 5.89. The van der Waals surface area contributed by atoms with Crippen LogP contribution in [0.25, 0.3) is 0 Å². The van der Waals surface area contributed by atoms with Gasteiger partial charge >= 0.3 is 0 Å². The molecule has 1 saturated carbocycles. The molecule has 0 aromatic rings. The topological polar surface area (TPSA) is 17.1 Å². The monoisotopic (exact) mass is 248 g/mol. The Morgan fingerprint density at radius 3 is 2.50 bits per heavy atom. The third kappa shape index (κ3) is 6.78. The van der Waals surface area contributed by atoms with Gasteiger partial charge < -0.3 is 0 Å². The van der Waals surface area contributed by atoms with Crippen molar-refractivity contribution < 1.29 is 4.79 Å². The van der Waals surface area contributed by atoms with E-state index in [1.807, 2.05) is 26.0 Å². The van der Waals surface area contributed by atoms with Crippen LogP contribution in [0.3, 0.4) is 0 Å². The average molecular weight is 248 g/mol. The molecule has 0 amide bonds. The number of unbranched alkanes of at least 4 members (excludes halogenated alkanes) is 1. The summed E-state index contributed by atoms with van der Waals surface area (Å²) in [7, 11) is 0. The van der Waals surface area contributed by atoms with Crippen molar-refractivity contribution in [1.29, 1.82) is 0 Å². The minimum atomic E-state index is 0.278. The minimum Gasteiger partial charge on any atom is -0.295 e. The van der Waals surface area contributed by atoms with Gasteiger partial charge in [-0.1, -0.05) is 62.7 Å². The Hall–Kier alpha value is -0.850. The molecule has 0 radical (unpaired) electrons. The number of hydrogen-bond acceptors (Lipinski definition) is 1. The summed E-state index contributed by atoms with van der Waals surface area (Å²) in [5.41, 5.74) is 1.16. The predicted molar refractivity (Wildman–Crippen MR) is 78.6 cm³/mol. The van der Waals surface area contributed by atoms with Crippen LogP contribution in [0, 0.1) is 5.92 Å². The maximum absolute atomic E-state index is 11.6. The van der Waals surface area contributed by atoms with E-state index in [1.54, 1.807) is 6.08 Å². The van der Waals surface area contributed by atoms with Gasteiger partial charge in [0.25, 0.3) is 0 Å². The molecule has 1 aliphatic rings. The molecule has 1 heteroatoms. The number of ketones is 1. The lowest BCUT2D eigenvalue weighted by Crippen LogP contribution is -2.06. The molecule has 0 N–H and O–H groups in total. The third-order valence-electron chi connectivity index (χ3n) is 4.00. The first-order valence-electron chi connectivity index (χ1n) is 7.56. The molecule has 0 unspecified atom stereocenters. The smallest absolute Gasteiger partial charge is 0.155 e. The number of carbonyl (C=O) groups excluding carboxylic acids is 1. The van der Waals surface area contributed by atoms with Crippen LogP contribution in [0.4, 0.5) is 0 Å². The molecular formula is C17H28O. The Morgan fingerprint density at radius 1 is 1.11 bits per heavy atom. The number of rotatable bonds is 7. The van der Waals surface area contributed by atoms with Crippen LogP contribution in [0.5, 0.6) is 0 Å². The normalized spacial score (nSPS) is 18.4. The number of allylic oxidation sites excluding steroid dienone is 4. The standard InChI is InChI=1S/C17H28O/c1-3-15(2)13-14-17(18)12-8-7-11-16-9-5-4-6-10-16/h3,13-14,16H,4-12H2,1-2H3/b14-13-,15-3-. The molecule has 102 valence electrons. The van der Waals surface area contributed by atoms with Crippen LogP contribution in [-0.4, -0.2) is 5.78 Å². The summed E-state index contributed by atoms with van der Waals surface area (Å²) in [6, 6.07) is 0. The van der Waals surface area contributed by atoms with Crippen molar-refractivity contribution in [1.82, 2.24) is 0 Å². The summed E-state index contributed by atoms with van der Waals surface area (Å²) in [5, 5.41) is 0. The molecule has 1 fully saturated rings. The van der Waals surface area contributed by atoms with Gasteiger partial charge in [0.2, 0.25) is 0 Å². The van der Waals surface area contributed by atoms with Crippen LogP contribution >= 0.6 is 0 Å². The van der Waals surface area contributed by atoms with E-state index < -0.39 is 0 Å². The Morgan fingerprint density at radius 2 is 1.83 bits per heavy atom. The second-order valence-corrected chi connectivity index (χ2v) is 5.58. The molecule has 0 heterocycles. The molecule has 1 aliphatic carbocycles. The largest absolute Gasteiger partial charge is 0.295 e. The fourth-order valence-electron chi connectivity index (χ4n) is 2.61. The van der Waals surface area contributed by atoms with Gasteiger partial charge in [-0.25, -0.2) is 0 Å². The van der Waals surface area contributed by atoms with Gasteiger partial charge in [-0.2, -0.15) is 0 Å². The zero-order chi connectivity index (χ0) is 13.2. The van der Waals surface area contributed by atoms with Gasteiger partial charge in [-0.3, -0.25) is 4.79 Å². The number of hydrogen-bond donors (Lipinski definition) is 0. The Labute approximate surface area is 112 Å². The van der Waals surface area contributed by atoms with Crippen molar-refractivity contribution >= 4 is 5.78 Å². The van der Waals surface area contributed by atoms with Gasteiger partial charge in [0.15, 0.2) is 5.78 Å². The van der Waals surface area contributed by atoms with Crippen molar-refractivity contribution in [3.8, 4) is 0 Å². The van der Waals surface area contributed by atoms with Gasteiger partial charge in [0.1, 0.15) is 0 Å². The predicted octanol–water partition coefficient (Wildman–Crippen LogP) is 5.22. The summed E-state index contributed by atoms with van der Waals surface area (Å²) in [5.74, 6) is 1.23. The minimum absolute atomic E-state index is 0.278. The zero-order valence-electron chi connectivity index (χ0n) is 12.1. The van der Waals surface area contributed by atoms with E-state index in [9.17, 15) is 4.79 Å². The van der Waals surface area contributed by atoms with Crippen molar-refractivity contribution in [3.63, 3.8) is 0 Å². The first-order valence-corrected chi connectivity index (χ1v) is 7.56. The van der Waals surface area contributed by atoms with E-state index in [2.05, 4.69) is 0 Å². The molecule has 0 saturated heterocycles. The summed E-state index contributed by atoms with van der Waals surface area (Å²) in [6.45, 7) is 4.02. The second-order valence-electron chi connectivity index (χ2n) is 5.58. The maximum atomic E-state index is 11.6. The van der Waals surface area contributed by atoms with E-state index >= 15 is 0 Å². The Bertz CT molecular complexity index is 293.